The van der Waals surface area contributed by atoms with Crippen LogP contribution >= 0.6 is 15.9 Å². The highest BCUT2D eigenvalue weighted by Crippen LogP contribution is 2.54. The van der Waals surface area contributed by atoms with E-state index in [0.29, 0.717) is 25.3 Å². The minimum Gasteiger partial charge on any atom is -0.385 e. The van der Waals surface area contributed by atoms with Crippen LogP contribution < -0.4 is 10.6 Å². The minimum atomic E-state index is -1.22. The Labute approximate surface area is 172 Å². The topological polar surface area (TPSA) is 87.7 Å². The number of halogens is 1. The quantitative estimate of drug-likeness (QED) is 0.529. The highest BCUT2D eigenvalue weighted by atomic mass is 79.9. The van der Waals surface area contributed by atoms with E-state index in [0.717, 1.165) is 10.0 Å². The van der Waals surface area contributed by atoms with E-state index < -0.39 is 17.4 Å². The van der Waals surface area contributed by atoms with Crippen molar-refractivity contribution in [3.8, 4) is 0 Å². The van der Waals surface area contributed by atoms with Crippen molar-refractivity contribution in [3.63, 3.8) is 0 Å². The zero-order valence-electron chi connectivity index (χ0n) is 16.1. The molecule has 0 aromatic heterocycles. The first-order chi connectivity index (χ1) is 13.3. The summed E-state index contributed by atoms with van der Waals surface area (Å²) in [7, 11) is 1.59. The van der Waals surface area contributed by atoms with Gasteiger partial charge in [0.05, 0.1) is 11.8 Å². The lowest BCUT2D eigenvalue weighted by Crippen LogP contribution is -2.54. The molecule has 28 heavy (non-hydrogen) atoms. The number of likely N-dealkylation sites (tertiary alicyclic amines) is 1. The molecule has 2 saturated heterocycles. The molecule has 3 amide bonds. The van der Waals surface area contributed by atoms with Crippen LogP contribution in [0.3, 0.4) is 0 Å². The highest BCUT2D eigenvalue weighted by Gasteiger charge is 2.70. The van der Waals surface area contributed by atoms with E-state index in [1.54, 1.807) is 7.11 Å². The second-order valence-corrected chi connectivity index (χ2v) is 8.96. The van der Waals surface area contributed by atoms with E-state index >= 15 is 0 Å². The van der Waals surface area contributed by atoms with Gasteiger partial charge in [0.1, 0.15) is 5.54 Å². The summed E-state index contributed by atoms with van der Waals surface area (Å²) in [4.78, 5) is 41.1. The summed E-state index contributed by atoms with van der Waals surface area (Å²) >= 11 is 3.47. The lowest BCUT2D eigenvalue weighted by atomic mass is 9.76. The highest BCUT2D eigenvalue weighted by molar-refractivity contribution is 9.10. The number of hydrogen-bond donors (Lipinski definition) is 2. The molecule has 1 aromatic rings. The van der Waals surface area contributed by atoms with Crippen LogP contribution in [0.25, 0.3) is 0 Å². The molecular formula is C20H24BrN3O4. The van der Waals surface area contributed by atoms with Crippen molar-refractivity contribution in [2.24, 2.45) is 17.8 Å². The predicted octanol–water partition coefficient (Wildman–Crippen LogP) is 1.86. The number of fused-ring (bicyclic) bond motifs is 4. The molecule has 3 aliphatic heterocycles. The molecule has 4 atom stereocenters. The zero-order chi connectivity index (χ0) is 20.2. The zero-order valence-corrected chi connectivity index (χ0v) is 17.7. The number of carbonyl (C=O) groups excluding carboxylic acids is 3. The van der Waals surface area contributed by atoms with Gasteiger partial charge in [0.15, 0.2) is 0 Å². The van der Waals surface area contributed by atoms with Crippen LogP contribution in [0.5, 0.6) is 0 Å². The van der Waals surface area contributed by atoms with E-state index in [4.69, 9.17) is 4.74 Å². The van der Waals surface area contributed by atoms with Gasteiger partial charge in [0.25, 0.3) is 0 Å². The van der Waals surface area contributed by atoms with E-state index in [1.165, 1.54) is 4.90 Å². The SMILES string of the molecule is COCCCN1C(=O)[C@H]2[C@@H](C1=O)[C@@]1(N[C@H]2C(C)C)C(=O)Nc2ccc(Br)cc21. The summed E-state index contributed by atoms with van der Waals surface area (Å²) in [6.45, 7) is 4.80. The summed E-state index contributed by atoms with van der Waals surface area (Å²) in [5.74, 6) is -1.93. The van der Waals surface area contributed by atoms with E-state index in [9.17, 15) is 14.4 Å². The second kappa shape index (κ2) is 6.93. The van der Waals surface area contributed by atoms with Crippen LogP contribution in [0.15, 0.2) is 22.7 Å². The van der Waals surface area contributed by atoms with Crippen molar-refractivity contribution in [3.05, 3.63) is 28.2 Å². The number of amides is 3. The molecule has 1 spiro atoms. The number of methoxy groups -OCH3 is 1. The third kappa shape index (κ3) is 2.58. The maximum Gasteiger partial charge on any atom is 0.250 e. The lowest BCUT2D eigenvalue weighted by molar-refractivity contribution is -0.143. The first kappa shape index (κ1) is 19.5. The van der Waals surface area contributed by atoms with Crippen LogP contribution in [0, 0.1) is 17.8 Å². The Morgan fingerprint density at radius 1 is 1.25 bits per heavy atom. The molecule has 0 aliphatic carbocycles. The monoisotopic (exact) mass is 449 g/mol. The van der Waals surface area contributed by atoms with Gasteiger partial charge in [0, 0.05) is 42.0 Å². The number of nitrogens with zero attached hydrogens (tertiary/aromatic N) is 1. The van der Waals surface area contributed by atoms with Crippen molar-refractivity contribution >= 4 is 39.3 Å². The summed E-state index contributed by atoms with van der Waals surface area (Å²) < 4.78 is 5.89. The molecule has 1 aromatic carbocycles. The Morgan fingerprint density at radius 3 is 2.68 bits per heavy atom. The molecule has 150 valence electrons. The first-order valence-corrected chi connectivity index (χ1v) is 10.4. The molecule has 8 heteroatoms. The molecule has 2 N–H and O–H groups in total. The average Bonchev–Trinajstić information content (AvgIpc) is 3.23. The number of anilines is 1. The maximum atomic E-state index is 13.4. The van der Waals surface area contributed by atoms with Crippen LogP contribution in [0.4, 0.5) is 5.69 Å². The molecule has 0 radical (unpaired) electrons. The predicted molar refractivity (Wildman–Crippen MR) is 106 cm³/mol. The third-order valence-corrected chi connectivity index (χ3v) is 6.64. The molecule has 3 heterocycles. The normalized spacial score (nSPS) is 31.1. The van der Waals surface area contributed by atoms with Gasteiger partial charge in [-0.15, -0.1) is 0 Å². The fourth-order valence-electron chi connectivity index (χ4n) is 4.93. The van der Waals surface area contributed by atoms with Gasteiger partial charge in [-0.2, -0.15) is 0 Å². The number of rotatable bonds is 5. The summed E-state index contributed by atoms with van der Waals surface area (Å²) in [5.41, 5.74) is 0.188. The number of ether oxygens (including phenoxy) is 1. The first-order valence-electron chi connectivity index (χ1n) is 9.56. The molecule has 0 bridgehead atoms. The van der Waals surface area contributed by atoms with Gasteiger partial charge in [-0.25, -0.2) is 0 Å². The molecule has 0 saturated carbocycles. The van der Waals surface area contributed by atoms with Gasteiger partial charge >= 0.3 is 0 Å². The van der Waals surface area contributed by atoms with Crippen LogP contribution in [-0.2, 0) is 24.7 Å². The second-order valence-electron chi connectivity index (χ2n) is 8.04. The molecule has 2 fully saturated rings. The molecule has 7 nitrogen and oxygen atoms in total. The number of nitrogens with one attached hydrogen (secondary N) is 2. The van der Waals surface area contributed by atoms with Crippen LogP contribution in [-0.4, -0.2) is 48.9 Å². The number of carbonyl (C=O) groups is 3. The van der Waals surface area contributed by atoms with E-state index in [-0.39, 0.29) is 29.7 Å². The van der Waals surface area contributed by atoms with Gasteiger partial charge in [-0.05, 0) is 30.5 Å². The molecular weight excluding hydrogens is 426 g/mol. The van der Waals surface area contributed by atoms with Gasteiger partial charge < -0.3 is 10.1 Å². The maximum absolute atomic E-state index is 13.4. The van der Waals surface area contributed by atoms with E-state index in [1.807, 2.05) is 32.0 Å². The molecule has 3 aliphatic rings. The van der Waals surface area contributed by atoms with Crippen molar-refractivity contribution in [1.29, 1.82) is 0 Å². The summed E-state index contributed by atoms with van der Waals surface area (Å²) in [6, 6.07) is 5.28. The minimum absolute atomic E-state index is 0.0894. The van der Waals surface area contributed by atoms with Crippen molar-refractivity contribution < 1.29 is 19.1 Å². The fraction of sp³-hybridized carbons (Fsp3) is 0.550. The third-order valence-electron chi connectivity index (χ3n) is 6.15. The van der Waals surface area contributed by atoms with Gasteiger partial charge in [-0.3, -0.25) is 24.6 Å². The lowest BCUT2D eigenvalue weighted by Gasteiger charge is -2.30. The fourth-order valence-corrected chi connectivity index (χ4v) is 5.29. The van der Waals surface area contributed by atoms with Crippen LogP contribution in [0.1, 0.15) is 25.8 Å². The van der Waals surface area contributed by atoms with Gasteiger partial charge in [-0.1, -0.05) is 29.8 Å². The number of hydrogen-bond acceptors (Lipinski definition) is 5. The Kier molecular flexibility index (Phi) is 4.84. The van der Waals surface area contributed by atoms with Crippen molar-refractivity contribution in [2.75, 3.05) is 25.6 Å². The number of imide groups is 1. The molecule has 4 rings (SSSR count). The van der Waals surface area contributed by atoms with Crippen molar-refractivity contribution in [1.82, 2.24) is 10.2 Å². The summed E-state index contributed by atoms with van der Waals surface area (Å²) in [5, 5.41) is 6.33. The largest absolute Gasteiger partial charge is 0.385 e. The standard InChI is InChI=1S/C20H24BrN3O4/c1-10(2)16-14-15(18(26)24(17(14)25)7-4-8-28-3)20(23-16)12-9-11(21)5-6-13(12)22-19(20)27/h5-6,9-10,14-16,23H,4,7-8H2,1-3H3,(H,22,27)/t14-,15-,16-,20+/m0/s1. The Morgan fingerprint density at radius 2 is 2.00 bits per heavy atom. The number of benzene rings is 1. The Balaban J connectivity index is 1.81. The summed E-state index contributed by atoms with van der Waals surface area (Å²) in [6.07, 6.45) is 0.578. The average molecular weight is 450 g/mol. The van der Waals surface area contributed by atoms with Crippen molar-refractivity contribution in [2.45, 2.75) is 31.8 Å². The molecule has 0 unspecified atom stereocenters. The van der Waals surface area contributed by atoms with Crippen LogP contribution in [0.2, 0.25) is 0 Å². The Bertz CT molecular complexity index is 858. The Hall–Kier alpha value is -1.77. The van der Waals surface area contributed by atoms with E-state index in [2.05, 4.69) is 26.6 Å². The van der Waals surface area contributed by atoms with Gasteiger partial charge in [0.2, 0.25) is 17.7 Å². The smallest absolute Gasteiger partial charge is 0.250 e.